The molecule has 0 spiro atoms. The minimum atomic E-state index is -3.94. The molecule has 5 nitrogen and oxygen atoms in total. The van der Waals surface area contributed by atoms with Crippen molar-refractivity contribution in [2.45, 2.75) is 38.6 Å². The second kappa shape index (κ2) is 8.60. The van der Waals surface area contributed by atoms with Crippen LogP contribution in [0.5, 0.6) is 0 Å². The Balaban J connectivity index is 1.58. The van der Waals surface area contributed by atoms with E-state index in [2.05, 4.69) is 74.0 Å². The molecule has 0 saturated heterocycles. The van der Waals surface area contributed by atoms with E-state index in [1.807, 2.05) is 29.0 Å². The lowest BCUT2D eigenvalue weighted by Gasteiger charge is -2.16. The van der Waals surface area contributed by atoms with E-state index in [0.29, 0.717) is 13.0 Å². The van der Waals surface area contributed by atoms with Gasteiger partial charge in [-0.1, -0.05) is 42.5 Å². The predicted molar refractivity (Wildman–Crippen MR) is 129 cm³/mol. The summed E-state index contributed by atoms with van der Waals surface area (Å²) < 4.78 is 35.4. The molecule has 0 fully saturated rings. The summed E-state index contributed by atoms with van der Waals surface area (Å²) in [5.74, 6) is -0.236. The topological polar surface area (TPSA) is 61.3 Å². The molecule has 0 radical (unpaired) electrons. The molecule has 0 saturated carbocycles. The number of aryl methyl sites for hydroxylation is 1. The zero-order chi connectivity index (χ0) is 22.9. The Kier molecular flexibility index (Phi) is 6.01. The molecule has 1 N–H and O–H groups in total. The summed E-state index contributed by atoms with van der Waals surface area (Å²) in [4.78, 5) is 0. The molecule has 0 unspecified atom stereocenters. The zero-order valence-electron chi connectivity index (χ0n) is 18.8. The first-order valence-electron chi connectivity index (χ1n) is 10.9. The van der Waals surface area contributed by atoms with E-state index in [1.165, 1.54) is 17.0 Å². The summed E-state index contributed by atoms with van der Waals surface area (Å²) >= 11 is 0. The first-order chi connectivity index (χ1) is 15.2. The summed E-state index contributed by atoms with van der Waals surface area (Å²) in [6.07, 6.45) is 7.61. The first-order valence-corrected chi connectivity index (χ1v) is 12.5. The lowest BCUT2D eigenvalue weighted by molar-refractivity contribution is -0.671. The number of benzene rings is 2. The monoisotopic (exact) mass is 450 g/mol. The van der Waals surface area contributed by atoms with Crippen LogP contribution in [0.15, 0.2) is 66.9 Å². The summed E-state index contributed by atoms with van der Waals surface area (Å²) in [6, 6.07) is 18.8. The fraction of sp³-hybridized carbons (Fsp3) is 0.308. The highest BCUT2D eigenvalue weighted by Gasteiger charge is 2.42. The zero-order valence-corrected chi connectivity index (χ0v) is 19.6. The van der Waals surface area contributed by atoms with Crippen LogP contribution in [0.2, 0.25) is 0 Å². The smallest absolute Gasteiger partial charge is 0.265 e. The van der Waals surface area contributed by atoms with Gasteiger partial charge in [0.15, 0.2) is 11.9 Å². The molecular formula is C26H30N2O3S+2. The van der Waals surface area contributed by atoms with Crippen LogP contribution in [0.4, 0.5) is 5.69 Å². The van der Waals surface area contributed by atoms with E-state index in [1.54, 1.807) is 0 Å². The van der Waals surface area contributed by atoms with E-state index in [0.717, 1.165) is 22.9 Å². The number of rotatable bonds is 7. The molecule has 1 aliphatic heterocycles. The standard InChI is InChI=1S/C26H29N2O3S/c1-26(2)22-12-5-7-14-24(22)27(3)25(26)15-8-10-20-16-18-28(17-9-19-32(29,30)31)23-13-6-4-11-21(20)23/h4-8,10-14,16,18H,9,15,17,19H2,1-3H3/q+1/p+1/b10-8+. The largest absolute Gasteiger partial charge is 0.286 e. The SMILES string of the molecule is C[N+]1=C(C/C=C/c2cc[n+](CCCS(=O)(=O)O)c3ccccc23)C(C)(C)c2ccccc21. The van der Waals surface area contributed by atoms with Crippen LogP contribution in [0, 0.1) is 0 Å². The Morgan fingerprint density at radius 1 is 1.03 bits per heavy atom. The number of fused-ring (bicyclic) bond motifs is 2. The third kappa shape index (κ3) is 4.38. The third-order valence-electron chi connectivity index (χ3n) is 6.43. The van der Waals surface area contributed by atoms with Crippen LogP contribution in [0.1, 0.15) is 37.8 Å². The van der Waals surface area contributed by atoms with Crippen LogP contribution < -0.4 is 4.57 Å². The van der Waals surface area contributed by atoms with Gasteiger partial charge in [-0.05, 0) is 25.5 Å². The number of para-hydroxylation sites is 2. The maximum absolute atomic E-state index is 11.0. The number of pyridine rings is 1. The first kappa shape index (κ1) is 22.4. The van der Waals surface area contributed by atoms with Gasteiger partial charge in [0.1, 0.15) is 13.6 Å². The van der Waals surface area contributed by atoms with Gasteiger partial charge in [0.05, 0.1) is 16.6 Å². The second-order valence-electron chi connectivity index (χ2n) is 8.88. The van der Waals surface area contributed by atoms with Gasteiger partial charge in [-0.15, -0.1) is 0 Å². The van der Waals surface area contributed by atoms with Gasteiger partial charge in [0.25, 0.3) is 10.1 Å². The van der Waals surface area contributed by atoms with E-state index in [9.17, 15) is 8.42 Å². The fourth-order valence-electron chi connectivity index (χ4n) is 4.77. The Hall–Kier alpha value is -2.83. The van der Waals surface area contributed by atoms with Crippen molar-refractivity contribution in [2.75, 3.05) is 12.8 Å². The number of nitrogens with zero attached hydrogens (tertiary/aromatic N) is 2. The average Bonchev–Trinajstić information content (AvgIpc) is 2.95. The molecule has 2 heterocycles. The molecule has 1 aromatic heterocycles. The van der Waals surface area contributed by atoms with E-state index in [4.69, 9.17) is 4.55 Å². The van der Waals surface area contributed by atoms with Crippen molar-refractivity contribution in [1.29, 1.82) is 0 Å². The number of hydrogen-bond acceptors (Lipinski definition) is 2. The van der Waals surface area contributed by atoms with Gasteiger partial charge in [0, 0.05) is 36.6 Å². The highest BCUT2D eigenvalue weighted by Crippen LogP contribution is 2.39. The lowest BCUT2D eigenvalue weighted by Crippen LogP contribution is -2.35. The number of hydrogen-bond donors (Lipinski definition) is 1. The molecule has 0 atom stereocenters. The second-order valence-corrected chi connectivity index (χ2v) is 10.4. The molecular weight excluding hydrogens is 420 g/mol. The van der Waals surface area contributed by atoms with Crippen molar-refractivity contribution >= 4 is 38.5 Å². The van der Waals surface area contributed by atoms with Gasteiger partial charge in [-0.2, -0.15) is 13.0 Å². The highest BCUT2D eigenvalue weighted by atomic mass is 32.2. The molecule has 2 aromatic carbocycles. The van der Waals surface area contributed by atoms with Crippen LogP contribution >= 0.6 is 0 Å². The molecule has 166 valence electrons. The number of allylic oxidation sites excluding steroid dienone is 1. The van der Waals surface area contributed by atoms with E-state index in [-0.39, 0.29) is 11.2 Å². The summed E-state index contributed by atoms with van der Waals surface area (Å²) in [6.45, 7) is 5.09. The van der Waals surface area contributed by atoms with Gasteiger partial charge in [-0.3, -0.25) is 4.55 Å². The maximum atomic E-state index is 11.0. The molecule has 0 aliphatic carbocycles. The number of aromatic nitrogens is 1. The molecule has 32 heavy (non-hydrogen) atoms. The van der Waals surface area contributed by atoms with E-state index < -0.39 is 10.1 Å². The van der Waals surface area contributed by atoms with Crippen molar-refractivity contribution < 1.29 is 22.1 Å². The summed E-state index contributed by atoms with van der Waals surface area (Å²) in [5.41, 5.74) is 6.17. The average molecular weight is 451 g/mol. The normalized spacial score (nSPS) is 15.6. The molecule has 4 rings (SSSR count). The van der Waals surface area contributed by atoms with Crippen molar-refractivity contribution in [3.05, 3.63) is 78.0 Å². The summed E-state index contributed by atoms with van der Waals surface area (Å²) in [5, 5.41) is 1.12. The Morgan fingerprint density at radius 3 is 2.50 bits per heavy atom. The third-order valence-corrected chi connectivity index (χ3v) is 7.24. The van der Waals surface area contributed by atoms with Gasteiger partial charge >= 0.3 is 0 Å². The van der Waals surface area contributed by atoms with Crippen LogP contribution in [-0.2, 0) is 22.1 Å². The highest BCUT2D eigenvalue weighted by molar-refractivity contribution is 7.85. The van der Waals surface area contributed by atoms with Crippen molar-refractivity contribution in [1.82, 2.24) is 0 Å². The lowest BCUT2D eigenvalue weighted by atomic mass is 9.80. The minimum Gasteiger partial charge on any atom is -0.286 e. The predicted octanol–water partition coefficient (Wildman–Crippen LogP) is 4.51. The Bertz CT molecular complexity index is 1340. The maximum Gasteiger partial charge on any atom is 0.265 e. The van der Waals surface area contributed by atoms with Crippen molar-refractivity contribution in [2.24, 2.45) is 0 Å². The van der Waals surface area contributed by atoms with Crippen molar-refractivity contribution in [3.63, 3.8) is 0 Å². The molecule has 3 aromatic rings. The molecule has 1 aliphatic rings. The van der Waals surface area contributed by atoms with E-state index >= 15 is 0 Å². The Labute approximate surface area is 190 Å². The van der Waals surface area contributed by atoms with Crippen molar-refractivity contribution in [3.8, 4) is 0 Å². The van der Waals surface area contributed by atoms with Crippen LogP contribution in [-0.4, -0.2) is 36.1 Å². The van der Waals surface area contributed by atoms with Gasteiger partial charge in [-0.25, -0.2) is 4.58 Å². The quantitative estimate of drug-likeness (QED) is 0.425. The van der Waals surface area contributed by atoms with Crippen LogP contribution in [0.25, 0.3) is 17.0 Å². The van der Waals surface area contributed by atoms with Crippen LogP contribution in [0.3, 0.4) is 0 Å². The van der Waals surface area contributed by atoms with Gasteiger partial charge in [0.2, 0.25) is 11.2 Å². The minimum absolute atomic E-state index is 0.00942. The molecule has 6 heteroatoms. The molecule has 0 amide bonds. The fourth-order valence-corrected chi connectivity index (χ4v) is 5.26. The van der Waals surface area contributed by atoms with Gasteiger partial charge < -0.3 is 0 Å². The summed E-state index contributed by atoms with van der Waals surface area (Å²) in [7, 11) is -1.80. The molecule has 0 bridgehead atoms. The Morgan fingerprint density at radius 2 is 1.75 bits per heavy atom.